The molecule has 0 unspecified atom stereocenters. The number of benzene rings is 1. The summed E-state index contributed by atoms with van der Waals surface area (Å²) >= 11 is 0. The van der Waals surface area contributed by atoms with E-state index in [-0.39, 0.29) is 17.7 Å². The molecule has 0 atom stereocenters. The molecule has 6 nitrogen and oxygen atoms in total. The third-order valence-corrected chi connectivity index (χ3v) is 7.91. The molecule has 2 heterocycles. The maximum Gasteiger partial charge on any atom is 0.256 e. The Morgan fingerprint density at radius 1 is 0.917 bits per heavy atom. The highest BCUT2D eigenvalue weighted by Crippen LogP contribution is 2.33. The van der Waals surface area contributed by atoms with Crippen molar-refractivity contribution in [3.8, 4) is 0 Å². The first-order valence-corrected chi connectivity index (χ1v) is 13.7. The van der Waals surface area contributed by atoms with Crippen molar-refractivity contribution < 1.29 is 9.59 Å². The summed E-state index contributed by atoms with van der Waals surface area (Å²) in [6.07, 6.45) is 8.12. The fourth-order valence-corrected chi connectivity index (χ4v) is 5.78. The number of anilines is 1. The third kappa shape index (κ3) is 5.97. The lowest BCUT2D eigenvalue weighted by molar-refractivity contribution is -0.123. The fraction of sp³-hybridized carbons (Fsp3) is 0.567. The zero-order valence-electron chi connectivity index (χ0n) is 22.5. The third-order valence-electron chi connectivity index (χ3n) is 7.91. The van der Waals surface area contributed by atoms with Gasteiger partial charge in [-0.05, 0) is 70.2 Å². The molecular formula is C30H42N4O2. The number of para-hydroxylation sites is 1. The molecule has 0 N–H and O–H groups in total. The van der Waals surface area contributed by atoms with E-state index in [0.29, 0.717) is 31.2 Å². The maximum absolute atomic E-state index is 13.9. The second-order valence-electron chi connectivity index (χ2n) is 10.8. The molecule has 1 fully saturated rings. The Balaban J connectivity index is 1.74. The number of carbonyl (C=O) groups is 2. The zero-order valence-corrected chi connectivity index (χ0v) is 22.5. The number of rotatable bonds is 3. The van der Waals surface area contributed by atoms with Crippen LogP contribution in [0.15, 0.2) is 36.5 Å². The number of amides is 2. The van der Waals surface area contributed by atoms with Crippen LogP contribution in [0.5, 0.6) is 0 Å². The molecule has 0 radical (unpaired) electrons. The highest BCUT2D eigenvalue weighted by atomic mass is 16.2. The van der Waals surface area contributed by atoms with Crippen LogP contribution in [0.25, 0.3) is 0 Å². The Hall–Kier alpha value is -2.73. The van der Waals surface area contributed by atoms with Crippen LogP contribution in [-0.2, 0) is 11.3 Å². The summed E-state index contributed by atoms with van der Waals surface area (Å²) in [5.41, 5.74) is 4.55. The largest absolute Gasteiger partial charge is 0.333 e. The molecule has 0 saturated heterocycles. The minimum atomic E-state index is 0.00108. The molecule has 2 aliphatic rings. The molecule has 0 bridgehead atoms. The van der Waals surface area contributed by atoms with Crippen LogP contribution in [0.1, 0.15) is 79.6 Å². The van der Waals surface area contributed by atoms with Gasteiger partial charge in [0.1, 0.15) is 0 Å². The molecule has 2 aromatic rings. The number of aryl methyl sites for hydroxylation is 2. The molecule has 1 aromatic heterocycles. The topological polar surface area (TPSA) is 56.8 Å². The van der Waals surface area contributed by atoms with E-state index in [9.17, 15) is 9.59 Å². The van der Waals surface area contributed by atoms with Crippen LogP contribution in [0.2, 0.25) is 0 Å². The smallest absolute Gasteiger partial charge is 0.256 e. The average molecular weight is 491 g/mol. The number of pyridine rings is 1. The Kier molecular flexibility index (Phi) is 8.78. The van der Waals surface area contributed by atoms with Crippen LogP contribution in [0, 0.1) is 19.8 Å². The number of hydrogen-bond donors (Lipinski definition) is 0. The summed E-state index contributed by atoms with van der Waals surface area (Å²) in [5, 5.41) is 0. The van der Waals surface area contributed by atoms with Crippen molar-refractivity contribution in [3.05, 3.63) is 58.9 Å². The number of fused-ring (bicyclic) bond motifs is 1. The summed E-state index contributed by atoms with van der Waals surface area (Å²) in [5.74, 6) is 0.371. The van der Waals surface area contributed by atoms with Crippen molar-refractivity contribution in [3.63, 3.8) is 0 Å². The second kappa shape index (κ2) is 12.0. The number of hydrogen-bond acceptors (Lipinski definition) is 4. The molecule has 194 valence electrons. The SMILES string of the molecule is Cc1cccc2c1N(C(=O)C1CCCCC1)CCCN(C(C)C)CCN(C(=O)c1cccnc1C)C2. The van der Waals surface area contributed by atoms with Gasteiger partial charge in [0, 0.05) is 56.6 Å². The van der Waals surface area contributed by atoms with Gasteiger partial charge in [-0.2, -0.15) is 0 Å². The van der Waals surface area contributed by atoms with Crippen LogP contribution < -0.4 is 4.90 Å². The first-order chi connectivity index (χ1) is 17.4. The summed E-state index contributed by atoms with van der Waals surface area (Å²) in [6, 6.07) is 10.3. The van der Waals surface area contributed by atoms with Crippen molar-refractivity contribution in [1.29, 1.82) is 0 Å². The van der Waals surface area contributed by atoms with Crippen LogP contribution in [0.4, 0.5) is 5.69 Å². The molecule has 1 aromatic carbocycles. The molecule has 6 heteroatoms. The standard InChI is InChI=1S/C30H42N4O2/c1-22(2)32-17-10-18-34(29(35)25-12-6-5-7-13-25)28-23(3)11-8-14-26(28)21-33(20-19-32)30(36)27-15-9-16-31-24(27)4/h8-9,11,14-16,22,25H,5-7,10,12-13,17-21H2,1-4H3. The molecule has 1 saturated carbocycles. The van der Waals surface area contributed by atoms with Gasteiger partial charge in [0.15, 0.2) is 0 Å². The lowest BCUT2D eigenvalue weighted by atomic mass is 9.87. The Bertz CT molecular complexity index is 1060. The lowest BCUT2D eigenvalue weighted by Crippen LogP contribution is -2.42. The Morgan fingerprint density at radius 3 is 2.42 bits per heavy atom. The molecule has 36 heavy (non-hydrogen) atoms. The van der Waals surface area contributed by atoms with Crippen molar-refractivity contribution in [1.82, 2.24) is 14.8 Å². The maximum atomic E-state index is 13.9. The minimum Gasteiger partial charge on any atom is -0.333 e. The summed E-state index contributed by atoms with van der Waals surface area (Å²) in [4.78, 5) is 38.5. The predicted octanol–water partition coefficient (Wildman–Crippen LogP) is 5.37. The van der Waals surface area contributed by atoms with Crippen molar-refractivity contribution >= 4 is 17.5 Å². The Labute approximate surface area is 216 Å². The predicted molar refractivity (Wildman–Crippen MR) is 145 cm³/mol. The lowest BCUT2D eigenvalue weighted by Gasteiger charge is -2.33. The minimum absolute atomic E-state index is 0.00108. The van der Waals surface area contributed by atoms with Gasteiger partial charge in [-0.15, -0.1) is 0 Å². The first-order valence-electron chi connectivity index (χ1n) is 13.7. The summed E-state index contributed by atoms with van der Waals surface area (Å²) in [6.45, 7) is 11.9. The number of nitrogens with zero attached hydrogens (tertiary/aromatic N) is 4. The molecular weight excluding hydrogens is 448 g/mol. The number of carbonyl (C=O) groups excluding carboxylic acids is 2. The fourth-order valence-electron chi connectivity index (χ4n) is 5.78. The monoisotopic (exact) mass is 490 g/mol. The van der Waals surface area contributed by atoms with E-state index >= 15 is 0 Å². The van der Waals surface area contributed by atoms with Crippen molar-refractivity contribution in [2.75, 3.05) is 31.1 Å². The van der Waals surface area contributed by atoms with Crippen LogP contribution >= 0.6 is 0 Å². The van der Waals surface area contributed by atoms with Crippen LogP contribution in [-0.4, -0.2) is 58.8 Å². The Morgan fingerprint density at radius 2 is 1.69 bits per heavy atom. The van der Waals surface area contributed by atoms with Gasteiger partial charge in [-0.25, -0.2) is 0 Å². The van der Waals surface area contributed by atoms with Gasteiger partial charge in [-0.1, -0.05) is 37.5 Å². The summed E-state index contributed by atoms with van der Waals surface area (Å²) in [7, 11) is 0. The van der Waals surface area contributed by atoms with Crippen molar-refractivity contribution in [2.24, 2.45) is 5.92 Å². The van der Waals surface area contributed by atoms with Crippen molar-refractivity contribution in [2.45, 2.75) is 78.8 Å². The highest BCUT2D eigenvalue weighted by molar-refractivity contribution is 5.97. The summed E-state index contributed by atoms with van der Waals surface area (Å²) < 4.78 is 0. The van der Waals surface area contributed by atoms with Gasteiger partial charge >= 0.3 is 0 Å². The quantitative estimate of drug-likeness (QED) is 0.581. The highest BCUT2D eigenvalue weighted by Gasteiger charge is 2.30. The van der Waals surface area contributed by atoms with E-state index in [0.717, 1.165) is 67.7 Å². The van der Waals surface area contributed by atoms with E-state index in [1.54, 1.807) is 6.20 Å². The van der Waals surface area contributed by atoms with E-state index in [1.165, 1.54) is 6.42 Å². The van der Waals surface area contributed by atoms with E-state index in [1.807, 2.05) is 24.0 Å². The van der Waals surface area contributed by atoms with E-state index < -0.39 is 0 Å². The zero-order chi connectivity index (χ0) is 25.7. The second-order valence-corrected chi connectivity index (χ2v) is 10.8. The van der Waals surface area contributed by atoms with E-state index in [4.69, 9.17) is 0 Å². The van der Waals surface area contributed by atoms with Gasteiger partial charge in [0.2, 0.25) is 5.91 Å². The van der Waals surface area contributed by atoms with Crippen LogP contribution in [0.3, 0.4) is 0 Å². The molecule has 0 spiro atoms. The van der Waals surface area contributed by atoms with Gasteiger partial charge in [0.05, 0.1) is 11.3 Å². The normalized spacial score (nSPS) is 18.6. The average Bonchev–Trinajstić information content (AvgIpc) is 2.91. The van der Waals surface area contributed by atoms with Gasteiger partial charge in [-0.3, -0.25) is 19.5 Å². The molecule has 2 amide bonds. The molecule has 1 aliphatic carbocycles. The van der Waals surface area contributed by atoms with Gasteiger partial charge < -0.3 is 9.80 Å². The first kappa shape index (κ1) is 26.3. The molecule has 1 aliphatic heterocycles. The van der Waals surface area contributed by atoms with Gasteiger partial charge in [0.25, 0.3) is 5.91 Å². The molecule has 4 rings (SSSR count). The number of aromatic nitrogens is 1. The van der Waals surface area contributed by atoms with E-state index in [2.05, 4.69) is 53.8 Å².